The van der Waals surface area contributed by atoms with Gasteiger partial charge in [-0.3, -0.25) is 19.7 Å². The molecular formula is C18H12ClN3O5. The number of hydrogen-bond donors (Lipinski definition) is 0. The van der Waals surface area contributed by atoms with E-state index in [9.17, 15) is 19.7 Å². The summed E-state index contributed by atoms with van der Waals surface area (Å²) in [5.74, 6) is -0.947. The molecular weight excluding hydrogens is 374 g/mol. The molecule has 2 aliphatic rings. The van der Waals surface area contributed by atoms with Crippen molar-refractivity contribution in [1.82, 2.24) is 0 Å². The van der Waals surface area contributed by atoms with Gasteiger partial charge in [-0.25, -0.2) is 4.90 Å². The van der Waals surface area contributed by atoms with Crippen LogP contribution in [-0.4, -0.2) is 28.1 Å². The van der Waals surface area contributed by atoms with Gasteiger partial charge in [0.25, 0.3) is 11.6 Å². The van der Waals surface area contributed by atoms with Crippen LogP contribution in [0.25, 0.3) is 0 Å². The quantitative estimate of drug-likeness (QED) is 0.459. The normalized spacial score (nSPS) is 21.5. The summed E-state index contributed by atoms with van der Waals surface area (Å²) in [7, 11) is 0. The highest BCUT2D eigenvalue weighted by Gasteiger charge is 2.58. The van der Waals surface area contributed by atoms with E-state index in [1.165, 1.54) is 24.3 Å². The SMILES string of the molecule is O=C1C[C@@]2(CC(c3cccc([N+](=O)[O-])c3)=NO2)C(=O)N1c1cccc(Cl)c1. The van der Waals surface area contributed by atoms with Crippen molar-refractivity contribution in [3.05, 3.63) is 69.2 Å². The lowest BCUT2D eigenvalue weighted by atomic mass is 9.92. The minimum atomic E-state index is -1.43. The second kappa shape index (κ2) is 6.17. The maximum Gasteiger partial charge on any atom is 0.281 e. The summed E-state index contributed by atoms with van der Waals surface area (Å²) in [6.07, 6.45) is -0.115. The summed E-state index contributed by atoms with van der Waals surface area (Å²) < 4.78 is 0. The minimum Gasteiger partial charge on any atom is -0.378 e. The van der Waals surface area contributed by atoms with E-state index in [1.54, 1.807) is 24.3 Å². The summed E-state index contributed by atoms with van der Waals surface area (Å²) in [6.45, 7) is 0. The number of benzene rings is 2. The molecule has 0 unspecified atom stereocenters. The van der Waals surface area contributed by atoms with Gasteiger partial charge in [-0.15, -0.1) is 0 Å². The van der Waals surface area contributed by atoms with E-state index in [1.807, 2.05) is 0 Å². The Labute approximate surface area is 158 Å². The number of nitro groups is 1. The largest absolute Gasteiger partial charge is 0.378 e. The fraction of sp³-hybridized carbons (Fsp3) is 0.167. The molecule has 0 bridgehead atoms. The number of non-ortho nitro benzene ring substituents is 1. The van der Waals surface area contributed by atoms with Gasteiger partial charge in [0, 0.05) is 29.1 Å². The Balaban J connectivity index is 1.62. The number of rotatable bonds is 3. The lowest BCUT2D eigenvalue weighted by Gasteiger charge is -2.19. The van der Waals surface area contributed by atoms with E-state index in [2.05, 4.69) is 5.16 Å². The van der Waals surface area contributed by atoms with Crippen LogP contribution < -0.4 is 4.90 Å². The van der Waals surface area contributed by atoms with Gasteiger partial charge in [-0.2, -0.15) is 0 Å². The average molecular weight is 386 g/mol. The van der Waals surface area contributed by atoms with Crippen molar-refractivity contribution >= 4 is 40.5 Å². The van der Waals surface area contributed by atoms with Crippen LogP contribution in [0.2, 0.25) is 5.02 Å². The zero-order valence-electron chi connectivity index (χ0n) is 13.8. The summed E-state index contributed by atoms with van der Waals surface area (Å²) in [5.41, 5.74) is -0.304. The monoisotopic (exact) mass is 385 g/mol. The molecule has 0 N–H and O–H groups in total. The highest BCUT2D eigenvalue weighted by Crippen LogP contribution is 2.39. The van der Waals surface area contributed by atoms with Gasteiger partial charge in [0.05, 0.1) is 22.7 Å². The lowest BCUT2D eigenvalue weighted by molar-refractivity contribution is -0.384. The number of nitro benzene ring substituents is 1. The topological polar surface area (TPSA) is 102 Å². The Hall–Kier alpha value is -3.26. The van der Waals surface area contributed by atoms with Crippen molar-refractivity contribution in [2.75, 3.05) is 4.90 Å². The van der Waals surface area contributed by atoms with Crippen LogP contribution in [0.5, 0.6) is 0 Å². The maximum atomic E-state index is 13.0. The Morgan fingerprint density at radius 1 is 1.15 bits per heavy atom. The van der Waals surface area contributed by atoms with Gasteiger partial charge in [0.1, 0.15) is 0 Å². The van der Waals surface area contributed by atoms with Crippen LogP contribution in [-0.2, 0) is 14.4 Å². The van der Waals surface area contributed by atoms with Crippen molar-refractivity contribution in [1.29, 1.82) is 0 Å². The van der Waals surface area contributed by atoms with E-state index < -0.39 is 22.3 Å². The number of nitrogens with zero attached hydrogens (tertiary/aromatic N) is 3. The van der Waals surface area contributed by atoms with Gasteiger partial charge >= 0.3 is 0 Å². The van der Waals surface area contributed by atoms with Crippen molar-refractivity contribution in [2.24, 2.45) is 5.16 Å². The molecule has 1 spiro atoms. The zero-order chi connectivity index (χ0) is 19.2. The molecule has 1 saturated heterocycles. The molecule has 0 saturated carbocycles. The highest BCUT2D eigenvalue weighted by molar-refractivity contribution is 6.31. The number of anilines is 1. The molecule has 0 radical (unpaired) electrons. The van der Waals surface area contributed by atoms with Gasteiger partial charge < -0.3 is 4.84 Å². The molecule has 0 aromatic heterocycles. The van der Waals surface area contributed by atoms with Crippen LogP contribution in [0.1, 0.15) is 18.4 Å². The first-order chi connectivity index (χ1) is 12.9. The van der Waals surface area contributed by atoms with Crippen LogP contribution in [0, 0.1) is 10.1 Å². The first-order valence-corrected chi connectivity index (χ1v) is 8.40. The second-order valence-corrected chi connectivity index (χ2v) is 6.74. The maximum absolute atomic E-state index is 13.0. The van der Waals surface area contributed by atoms with Gasteiger partial charge in [-0.1, -0.05) is 35.0 Å². The number of hydrogen-bond acceptors (Lipinski definition) is 6. The number of imide groups is 1. The van der Waals surface area contributed by atoms with E-state index in [-0.39, 0.29) is 18.5 Å². The third-order valence-electron chi connectivity index (χ3n) is 4.52. The fourth-order valence-electron chi connectivity index (χ4n) is 3.23. The third kappa shape index (κ3) is 2.83. The Morgan fingerprint density at radius 3 is 2.67 bits per heavy atom. The molecule has 9 heteroatoms. The molecule has 1 fully saturated rings. The molecule has 2 heterocycles. The summed E-state index contributed by atoms with van der Waals surface area (Å²) in [5, 5.41) is 15.3. The van der Waals surface area contributed by atoms with Crippen molar-refractivity contribution in [3.8, 4) is 0 Å². The standard InChI is InChI=1S/C18H12ClN3O5/c19-12-4-2-5-13(8-12)21-16(23)10-18(17(21)24)9-15(20-27-18)11-3-1-6-14(7-11)22(25)26/h1-8H,9-10H2/t18-/m0/s1. The van der Waals surface area contributed by atoms with E-state index in [0.29, 0.717) is 22.0 Å². The number of carbonyl (C=O) groups is 2. The average Bonchev–Trinajstić information content (AvgIpc) is 3.17. The van der Waals surface area contributed by atoms with Crippen LogP contribution in [0.3, 0.4) is 0 Å². The second-order valence-electron chi connectivity index (χ2n) is 6.30. The van der Waals surface area contributed by atoms with Crippen LogP contribution in [0.15, 0.2) is 53.7 Å². The molecule has 1 atom stereocenters. The van der Waals surface area contributed by atoms with E-state index in [0.717, 1.165) is 4.90 Å². The Kier molecular flexibility index (Phi) is 3.92. The number of oxime groups is 1. The van der Waals surface area contributed by atoms with Gasteiger partial charge in [-0.05, 0) is 18.2 Å². The van der Waals surface area contributed by atoms with E-state index >= 15 is 0 Å². The summed E-state index contributed by atoms with van der Waals surface area (Å²) >= 11 is 5.96. The third-order valence-corrected chi connectivity index (χ3v) is 4.75. The zero-order valence-corrected chi connectivity index (χ0v) is 14.5. The molecule has 136 valence electrons. The van der Waals surface area contributed by atoms with Crippen molar-refractivity contribution in [3.63, 3.8) is 0 Å². The van der Waals surface area contributed by atoms with Crippen LogP contribution >= 0.6 is 11.6 Å². The molecule has 4 rings (SSSR count). The van der Waals surface area contributed by atoms with Gasteiger partial charge in [0.15, 0.2) is 0 Å². The van der Waals surface area contributed by atoms with Crippen LogP contribution in [0.4, 0.5) is 11.4 Å². The highest BCUT2D eigenvalue weighted by atomic mass is 35.5. The number of carbonyl (C=O) groups excluding carboxylic acids is 2. The molecule has 2 aliphatic heterocycles. The molecule has 8 nitrogen and oxygen atoms in total. The predicted molar refractivity (Wildman–Crippen MR) is 96.6 cm³/mol. The van der Waals surface area contributed by atoms with E-state index in [4.69, 9.17) is 16.4 Å². The lowest BCUT2D eigenvalue weighted by Crippen LogP contribution is -2.40. The number of halogens is 1. The molecule has 2 amide bonds. The molecule has 2 aromatic rings. The first-order valence-electron chi connectivity index (χ1n) is 8.02. The Morgan fingerprint density at radius 2 is 1.93 bits per heavy atom. The molecule has 27 heavy (non-hydrogen) atoms. The fourth-order valence-corrected chi connectivity index (χ4v) is 3.42. The summed E-state index contributed by atoms with van der Waals surface area (Å²) in [6, 6.07) is 12.3. The predicted octanol–water partition coefficient (Wildman–Crippen LogP) is 3.07. The van der Waals surface area contributed by atoms with Crippen molar-refractivity contribution < 1.29 is 19.3 Å². The van der Waals surface area contributed by atoms with Crippen molar-refractivity contribution in [2.45, 2.75) is 18.4 Å². The first kappa shape index (κ1) is 17.2. The minimum absolute atomic E-state index is 0.0514. The smallest absolute Gasteiger partial charge is 0.281 e. The number of amides is 2. The Bertz CT molecular complexity index is 1020. The molecule has 2 aromatic carbocycles. The summed E-state index contributed by atoms with van der Waals surface area (Å²) in [4.78, 5) is 42.3. The van der Waals surface area contributed by atoms with Gasteiger partial charge in [0.2, 0.25) is 11.5 Å². The molecule has 0 aliphatic carbocycles.